The largest absolute Gasteiger partial charge is 0.379 e. The fourth-order valence-corrected chi connectivity index (χ4v) is 5.95. The van der Waals surface area contributed by atoms with Crippen molar-refractivity contribution in [3.05, 3.63) is 81.0 Å². The summed E-state index contributed by atoms with van der Waals surface area (Å²) in [7, 11) is -3.99. The summed E-state index contributed by atoms with van der Waals surface area (Å²) in [6, 6.07) is 13.1. The third-order valence-electron chi connectivity index (χ3n) is 5.72. The quantitative estimate of drug-likeness (QED) is 0.500. The number of fused-ring (bicyclic) bond motifs is 1. The molecule has 0 atom stereocenters. The molecule has 1 aliphatic heterocycles. The molecule has 0 fully saturated rings. The summed E-state index contributed by atoms with van der Waals surface area (Å²) in [5, 5.41) is 4.80. The zero-order valence-corrected chi connectivity index (χ0v) is 20.7. The minimum Gasteiger partial charge on any atom is -0.379 e. The second kappa shape index (κ2) is 9.99. The Bertz CT molecular complexity index is 1310. The number of carbonyl (C=O) groups is 2. The van der Waals surface area contributed by atoms with Crippen LogP contribution >= 0.6 is 11.3 Å². The van der Waals surface area contributed by atoms with Crippen LogP contribution in [0.3, 0.4) is 0 Å². The van der Waals surface area contributed by atoms with Gasteiger partial charge in [-0.15, -0.1) is 11.3 Å². The Kier molecular flexibility index (Phi) is 7.04. The van der Waals surface area contributed by atoms with Gasteiger partial charge in [-0.2, -0.15) is 8.42 Å². The highest BCUT2D eigenvalue weighted by Gasteiger charge is 2.22. The summed E-state index contributed by atoms with van der Waals surface area (Å²) in [6.07, 6.45) is 1.10. The van der Waals surface area contributed by atoms with Crippen LogP contribution in [0.4, 0.5) is 0 Å². The number of hydrogen-bond donors (Lipinski definition) is 1. The Morgan fingerprint density at radius 2 is 1.85 bits per heavy atom. The molecule has 2 heterocycles. The number of rotatable bonds is 7. The lowest BCUT2D eigenvalue weighted by Crippen LogP contribution is -2.37. The fourth-order valence-electron chi connectivity index (χ4n) is 3.81. The predicted octanol–water partition coefficient (Wildman–Crippen LogP) is 3.84. The van der Waals surface area contributed by atoms with E-state index in [-0.39, 0.29) is 35.4 Å². The molecule has 9 heteroatoms. The molecule has 0 spiro atoms. The fraction of sp³-hybridized carbons (Fsp3) is 0.280. The first-order chi connectivity index (χ1) is 16.2. The van der Waals surface area contributed by atoms with E-state index in [0.29, 0.717) is 24.2 Å². The van der Waals surface area contributed by atoms with Crippen molar-refractivity contribution < 1.29 is 22.2 Å². The van der Waals surface area contributed by atoms with E-state index in [1.807, 2.05) is 23.3 Å². The van der Waals surface area contributed by atoms with Gasteiger partial charge in [-0.1, -0.05) is 12.1 Å². The van der Waals surface area contributed by atoms with E-state index >= 15 is 0 Å². The Morgan fingerprint density at radius 1 is 1.09 bits per heavy atom. The molecule has 2 aromatic carbocycles. The Labute approximate surface area is 203 Å². The molecule has 0 saturated heterocycles. The van der Waals surface area contributed by atoms with Gasteiger partial charge in [0.15, 0.2) is 0 Å². The predicted molar refractivity (Wildman–Crippen MR) is 131 cm³/mol. The topological polar surface area (TPSA) is 92.8 Å². The monoisotopic (exact) mass is 498 g/mol. The van der Waals surface area contributed by atoms with Crippen molar-refractivity contribution in [3.8, 4) is 5.75 Å². The second-order valence-corrected chi connectivity index (χ2v) is 10.8. The maximum absolute atomic E-state index is 12.6. The highest BCUT2D eigenvalue weighted by Crippen LogP contribution is 2.25. The van der Waals surface area contributed by atoms with Crippen molar-refractivity contribution in [1.82, 2.24) is 10.2 Å². The van der Waals surface area contributed by atoms with E-state index in [9.17, 15) is 18.0 Å². The first-order valence-corrected chi connectivity index (χ1v) is 13.2. The average molecular weight is 499 g/mol. The van der Waals surface area contributed by atoms with Crippen molar-refractivity contribution in [2.45, 2.75) is 38.1 Å². The van der Waals surface area contributed by atoms with Crippen molar-refractivity contribution in [2.24, 2.45) is 0 Å². The van der Waals surface area contributed by atoms with Gasteiger partial charge in [-0.25, -0.2) is 0 Å². The molecule has 178 valence electrons. The highest BCUT2D eigenvalue weighted by molar-refractivity contribution is 7.87. The molecule has 0 aliphatic carbocycles. The number of hydrogen-bond acceptors (Lipinski definition) is 6. The van der Waals surface area contributed by atoms with Crippen LogP contribution < -0.4 is 9.50 Å². The number of carbonyl (C=O) groups excluding carboxylic acids is 2. The van der Waals surface area contributed by atoms with Crippen LogP contribution in [0.2, 0.25) is 0 Å². The van der Waals surface area contributed by atoms with Gasteiger partial charge in [-0.3, -0.25) is 9.59 Å². The Morgan fingerprint density at radius 3 is 2.62 bits per heavy atom. The molecular weight excluding hydrogens is 472 g/mol. The normalized spacial score (nSPS) is 13.3. The van der Waals surface area contributed by atoms with Crippen molar-refractivity contribution >= 4 is 33.3 Å². The molecule has 0 saturated carbocycles. The maximum Gasteiger partial charge on any atom is 0.339 e. The maximum atomic E-state index is 12.6. The number of nitrogens with zero attached hydrogens (tertiary/aromatic N) is 1. The van der Waals surface area contributed by atoms with Gasteiger partial charge < -0.3 is 14.4 Å². The van der Waals surface area contributed by atoms with Crippen LogP contribution in [0, 0.1) is 13.8 Å². The molecule has 0 bridgehead atoms. The van der Waals surface area contributed by atoms with Crippen LogP contribution in [-0.2, 0) is 27.9 Å². The molecule has 7 nitrogen and oxygen atoms in total. The number of amides is 2. The standard InChI is InChI=1S/C25H26N2O5S2/c1-17-3-4-18(2)23(15-17)34(30,31)32-21-7-5-19(6-8-21)25(29)26-12-9-24(28)27-13-10-22-20(16-27)11-14-33-22/h3-8,11,14-15H,9-10,12-13,16H2,1-2H3,(H,26,29). The van der Waals surface area contributed by atoms with Gasteiger partial charge in [0.1, 0.15) is 10.6 Å². The Hall–Kier alpha value is -3.17. The minimum absolute atomic E-state index is 0.0116. The average Bonchev–Trinajstić information content (AvgIpc) is 3.28. The zero-order chi connectivity index (χ0) is 24.3. The van der Waals surface area contributed by atoms with Gasteiger partial charge in [0.2, 0.25) is 5.91 Å². The number of aryl methyl sites for hydroxylation is 2. The van der Waals surface area contributed by atoms with E-state index in [2.05, 4.69) is 11.4 Å². The van der Waals surface area contributed by atoms with Gasteiger partial charge in [0.05, 0.1) is 0 Å². The van der Waals surface area contributed by atoms with Crippen LogP contribution in [-0.4, -0.2) is 38.2 Å². The summed E-state index contributed by atoms with van der Waals surface area (Å²) in [4.78, 5) is 28.2. The Balaban J connectivity index is 1.29. The van der Waals surface area contributed by atoms with Crippen LogP contribution in [0.25, 0.3) is 0 Å². The number of nitrogens with one attached hydrogen (secondary N) is 1. The van der Waals surface area contributed by atoms with Crippen molar-refractivity contribution in [2.75, 3.05) is 13.1 Å². The lowest BCUT2D eigenvalue weighted by Gasteiger charge is -2.27. The zero-order valence-electron chi connectivity index (χ0n) is 19.0. The SMILES string of the molecule is Cc1ccc(C)c(S(=O)(=O)Oc2ccc(C(=O)NCCC(=O)N3CCc4sccc4C3)cc2)c1. The summed E-state index contributed by atoms with van der Waals surface area (Å²) in [5.74, 6) is -0.210. The van der Waals surface area contributed by atoms with Gasteiger partial charge in [-0.05, 0) is 78.7 Å². The highest BCUT2D eigenvalue weighted by atomic mass is 32.2. The molecule has 1 N–H and O–H groups in total. The first-order valence-electron chi connectivity index (χ1n) is 11.0. The van der Waals surface area contributed by atoms with Gasteiger partial charge in [0.25, 0.3) is 5.91 Å². The minimum atomic E-state index is -3.99. The number of thiophene rings is 1. The van der Waals surface area contributed by atoms with Gasteiger partial charge in [0, 0.05) is 36.5 Å². The summed E-state index contributed by atoms with van der Waals surface area (Å²) in [6.45, 7) is 5.07. The molecule has 3 aromatic rings. The smallest absolute Gasteiger partial charge is 0.339 e. The molecule has 1 aliphatic rings. The van der Waals surface area contributed by atoms with Crippen LogP contribution in [0.1, 0.15) is 38.3 Å². The van der Waals surface area contributed by atoms with E-state index in [1.165, 1.54) is 34.7 Å². The van der Waals surface area contributed by atoms with Crippen molar-refractivity contribution in [3.63, 3.8) is 0 Å². The third-order valence-corrected chi connectivity index (χ3v) is 8.13. The molecular formula is C25H26N2O5S2. The van der Waals surface area contributed by atoms with Crippen LogP contribution in [0.5, 0.6) is 5.75 Å². The van der Waals surface area contributed by atoms with E-state index in [1.54, 1.807) is 30.4 Å². The first kappa shape index (κ1) is 24.0. The number of benzene rings is 2. The molecule has 1 aromatic heterocycles. The molecule has 0 unspecified atom stereocenters. The van der Waals surface area contributed by atoms with E-state index in [0.717, 1.165) is 12.0 Å². The lowest BCUT2D eigenvalue weighted by molar-refractivity contribution is -0.131. The molecule has 0 radical (unpaired) electrons. The second-order valence-electron chi connectivity index (χ2n) is 8.27. The molecule has 4 rings (SSSR count). The summed E-state index contributed by atoms with van der Waals surface area (Å²) < 4.78 is 30.5. The summed E-state index contributed by atoms with van der Waals surface area (Å²) >= 11 is 1.72. The van der Waals surface area contributed by atoms with Gasteiger partial charge >= 0.3 is 10.1 Å². The summed E-state index contributed by atoms with van der Waals surface area (Å²) in [5.41, 5.74) is 2.96. The molecule has 34 heavy (non-hydrogen) atoms. The van der Waals surface area contributed by atoms with E-state index in [4.69, 9.17) is 4.18 Å². The van der Waals surface area contributed by atoms with Crippen LogP contribution in [0.15, 0.2) is 58.8 Å². The van der Waals surface area contributed by atoms with Crippen molar-refractivity contribution in [1.29, 1.82) is 0 Å². The molecule has 2 amide bonds. The third kappa shape index (κ3) is 5.48. The van der Waals surface area contributed by atoms with E-state index < -0.39 is 10.1 Å². The lowest BCUT2D eigenvalue weighted by atomic mass is 10.1.